The molecule has 0 spiro atoms. The van der Waals surface area contributed by atoms with E-state index in [2.05, 4.69) is 21.3 Å². The average molecular weight is 1260 g/mol. The minimum Gasteiger partial charge on any atom is -0.457 e. The van der Waals surface area contributed by atoms with Gasteiger partial charge in [-0.25, -0.2) is 9.59 Å². The zero-order valence-corrected chi connectivity index (χ0v) is 52.8. The van der Waals surface area contributed by atoms with Crippen molar-refractivity contribution in [1.29, 1.82) is 0 Å². The third-order valence-corrected chi connectivity index (χ3v) is 16.1. The molecule has 1 aromatic rings. The van der Waals surface area contributed by atoms with Gasteiger partial charge in [0.2, 0.25) is 29.5 Å². The number of cyclic esters (lactones) is 1. The summed E-state index contributed by atoms with van der Waals surface area (Å²) in [5.74, 6) is -6.42. The van der Waals surface area contributed by atoms with E-state index in [4.69, 9.17) is 29.4 Å². The molecular formula is C63H90N8O19. The Bertz CT molecular complexity index is 2850. The first-order chi connectivity index (χ1) is 42.4. The van der Waals surface area contributed by atoms with Crippen LogP contribution >= 0.6 is 0 Å². The van der Waals surface area contributed by atoms with Crippen LogP contribution in [0.25, 0.3) is 0 Å². The molecule has 27 heteroatoms. The van der Waals surface area contributed by atoms with Crippen molar-refractivity contribution in [3.8, 4) is 0 Å². The third kappa shape index (κ3) is 22.8. The molecule has 0 bridgehead atoms. The number of hydrogen-bond donors (Lipinski definition) is 8. The monoisotopic (exact) mass is 1260 g/mol. The van der Waals surface area contributed by atoms with Crippen LogP contribution in [0.1, 0.15) is 132 Å². The molecule has 5 rings (SSSR count). The number of aliphatic hydroxyl groups excluding tert-OH is 2. The maximum Gasteiger partial charge on any atom is 0.410 e. The number of primary amides is 1. The fourth-order valence-electron chi connectivity index (χ4n) is 10.5. The van der Waals surface area contributed by atoms with Gasteiger partial charge in [-0.15, -0.1) is 0 Å². The standard InChI is InChI=1S/C63H90N8O19/c1-10-47(74)39(4)56-48(87-56)35-62(8,85)26-14-15-37(2)55-38(3)17-22-49(63(9,90-42(7)72)27-25-45(73)33-54(79)89-55)88-61(84)70-31-29-69(30-32-70)60(83)86-36-43-18-20-44(21-19-43)67-59(82)46(34-50(64)75)68-58(81)41(6)66-57(80)40(5)65-51(76)16-12-11-13-28-71-52(77)23-24-53(71)78/h14-15,17-24,26,38-41,45-49,55-56,73-74,85H,10-13,16,25,27-36H2,1-9H3,(H2,64,75)(H,65,76)(H,66,80)(H,67,82)(H,68,81)/b22-17+,26-14+,37-15+/t38-,39+,40-,41-,45+,46-,47-,48+,49-,55+,56+,62?,63+/m0/s1. The van der Waals surface area contributed by atoms with Crippen molar-refractivity contribution in [3.63, 3.8) is 0 Å². The summed E-state index contributed by atoms with van der Waals surface area (Å²) in [5, 5.41) is 42.5. The van der Waals surface area contributed by atoms with Gasteiger partial charge in [-0.2, -0.15) is 0 Å². The van der Waals surface area contributed by atoms with E-state index in [1.54, 1.807) is 70.2 Å². The van der Waals surface area contributed by atoms with E-state index >= 15 is 0 Å². The van der Waals surface area contributed by atoms with E-state index in [1.165, 1.54) is 54.9 Å². The highest BCUT2D eigenvalue weighted by Gasteiger charge is 2.47. The molecule has 1 aromatic carbocycles. The Morgan fingerprint density at radius 1 is 0.867 bits per heavy atom. The SMILES string of the molecule is CC[C@H](O)[C@@H](C)[C@H]1O[C@@H]1CC(C)(O)/C=C/C=C(\C)[C@H]1OC(=O)C[C@H](O)CC[C@@](C)(OC(C)=O)[C@@H](OC(=O)N2CCN(C(=O)OCc3ccc(NC(=O)[C@H](CC(N)=O)NC(=O)[C@H](C)NC(=O)[C@H](C)NC(=O)CCCCCN4C(=O)C=CC4=O)cc3)CC2)/C=C/[C@@H]1C. The van der Waals surface area contributed by atoms with E-state index in [0.29, 0.717) is 43.2 Å². The van der Waals surface area contributed by atoms with Crippen molar-refractivity contribution in [3.05, 3.63) is 77.9 Å². The van der Waals surface area contributed by atoms with Crippen molar-refractivity contribution < 1.29 is 91.7 Å². The van der Waals surface area contributed by atoms with Gasteiger partial charge in [-0.1, -0.05) is 63.6 Å². The summed E-state index contributed by atoms with van der Waals surface area (Å²) in [6.45, 7) is 14.8. The van der Waals surface area contributed by atoms with Gasteiger partial charge in [0.15, 0.2) is 6.10 Å². The molecule has 4 heterocycles. The summed E-state index contributed by atoms with van der Waals surface area (Å²) in [6, 6.07) is 2.42. The number of ether oxygens (including phenoxy) is 5. The Labute approximate surface area is 524 Å². The number of nitrogens with one attached hydrogen (secondary N) is 4. The molecule has 0 aliphatic carbocycles. The Balaban J connectivity index is 1.10. The van der Waals surface area contributed by atoms with E-state index in [1.807, 2.05) is 13.8 Å². The number of imide groups is 1. The predicted octanol–water partition coefficient (Wildman–Crippen LogP) is 3.03. The van der Waals surface area contributed by atoms with E-state index in [-0.39, 0.29) is 101 Å². The second kappa shape index (κ2) is 33.7. The molecule has 13 atom stereocenters. The summed E-state index contributed by atoms with van der Waals surface area (Å²) in [4.78, 5) is 144. The lowest BCUT2D eigenvalue weighted by molar-refractivity contribution is -0.168. The molecule has 90 heavy (non-hydrogen) atoms. The fraction of sp³-hybridized carbons (Fsp3) is 0.603. The van der Waals surface area contributed by atoms with Crippen LogP contribution in [0, 0.1) is 11.8 Å². The van der Waals surface area contributed by atoms with Crippen molar-refractivity contribution >= 4 is 71.2 Å². The molecule has 2 fully saturated rings. The molecule has 0 saturated carbocycles. The number of aliphatic hydroxyl groups is 3. The number of nitrogens with two attached hydrogens (primary N) is 1. The van der Waals surface area contributed by atoms with Crippen LogP contribution in [-0.2, 0) is 73.4 Å². The van der Waals surface area contributed by atoms with Gasteiger partial charge in [-0.3, -0.25) is 48.1 Å². The molecule has 0 radical (unpaired) electrons. The number of hydrogen-bond acceptors (Lipinski definition) is 19. The third-order valence-electron chi connectivity index (χ3n) is 16.1. The molecule has 496 valence electrons. The Morgan fingerprint density at radius 3 is 2.11 bits per heavy atom. The predicted molar refractivity (Wildman–Crippen MR) is 324 cm³/mol. The van der Waals surface area contributed by atoms with Crippen LogP contribution < -0.4 is 27.0 Å². The van der Waals surface area contributed by atoms with Gasteiger partial charge < -0.3 is 75.8 Å². The minimum atomic E-state index is -1.51. The molecule has 4 aliphatic heterocycles. The molecule has 0 aromatic heterocycles. The van der Waals surface area contributed by atoms with E-state index in [9.17, 15) is 68.1 Å². The number of carbonyl (C=O) groups excluding carboxylic acids is 11. The van der Waals surface area contributed by atoms with Crippen LogP contribution in [0.15, 0.2) is 72.4 Å². The van der Waals surface area contributed by atoms with Crippen molar-refractivity contribution in [2.45, 2.75) is 199 Å². The molecule has 9 N–H and O–H groups in total. The van der Waals surface area contributed by atoms with E-state index < -0.39 is 120 Å². The molecule has 9 amide bonds. The lowest BCUT2D eigenvalue weighted by Crippen LogP contribution is -2.55. The second-order valence-electron chi connectivity index (χ2n) is 24.0. The number of carbonyl (C=O) groups is 11. The lowest BCUT2D eigenvalue weighted by Gasteiger charge is -2.38. The number of amides is 9. The van der Waals surface area contributed by atoms with Gasteiger partial charge in [-0.05, 0) is 96.1 Å². The van der Waals surface area contributed by atoms with Crippen LogP contribution in [0.5, 0.6) is 0 Å². The molecule has 1 unspecified atom stereocenters. The number of esters is 2. The van der Waals surface area contributed by atoms with Crippen LogP contribution in [0.4, 0.5) is 15.3 Å². The van der Waals surface area contributed by atoms with Crippen LogP contribution in [-0.4, -0.2) is 194 Å². The van der Waals surface area contributed by atoms with Gasteiger partial charge in [0, 0.05) is 82.2 Å². The summed E-state index contributed by atoms with van der Waals surface area (Å²) in [6.07, 6.45) is 6.42. The van der Waals surface area contributed by atoms with Gasteiger partial charge in [0.05, 0.1) is 42.9 Å². The highest BCUT2D eigenvalue weighted by atomic mass is 16.6. The summed E-state index contributed by atoms with van der Waals surface area (Å²) in [7, 11) is 0. The fourth-order valence-corrected chi connectivity index (χ4v) is 10.5. The van der Waals surface area contributed by atoms with Crippen LogP contribution in [0.3, 0.4) is 0 Å². The number of benzene rings is 1. The Morgan fingerprint density at radius 2 is 1.49 bits per heavy atom. The number of rotatable bonds is 27. The number of unbranched alkanes of at least 4 members (excludes halogenated alkanes) is 2. The number of nitrogens with zero attached hydrogens (tertiary/aromatic N) is 3. The largest absolute Gasteiger partial charge is 0.457 e. The van der Waals surface area contributed by atoms with Gasteiger partial charge in [0.1, 0.15) is 36.4 Å². The highest BCUT2D eigenvalue weighted by molar-refractivity contribution is 6.12. The van der Waals surface area contributed by atoms with E-state index in [0.717, 1.165) is 4.90 Å². The summed E-state index contributed by atoms with van der Waals surface area (Å²) in [5.41, 5.74) is 4.00. The topological polar surface area (TPSA) is 382 Å². The van der Waals surface area contributed by atoms with Gasteiger partial charge >= 0.3 is 24.1 Å². The zero-order valence-electron chi connectivity index (χ0n) is 52.8. The maximum absolute atomic E-state index is 13.9. The maximum atomic E-state index is 13.9. The lowest BCUT2D eigenvalue weighted by atomic mass is 9.88. The van der Waals surface area contributed by atoms with Gasteiger partial charge in [0.25, 0.3) is 11.8 Å². The Hall–Kier alpha value is -8.01. The first kappa shape index (κ1) is 72.7. The quantitative estimate of drug-likeness (QED) is 0.0119. The summed E-state index contributed by atoms with van der Waals surface area (Å²) < 4.78 is 29.2. The first-order valence-corrected chi connectivity index (χ1v) is 30.5. The van der Waals surface area contributed by atoms with Crippen LogP contribution in [0.2, 0.25) is 0 Å². The molecule has 2 saturated heterocycles. The average Bonchev–Trinajstić information content (AvgIpc) is 1.61. The second-order valence-corrected chi connectivity index (χ2v) is 24.0. The zero-order chi connectivity index (χ0) is 66.6. The van der Waals surface area contributed by atoms with Crippen molar-refractivity contribution in [2.75, 3.05) is 38.0 Å². The smallest absolute Gasteiger partial charge is 0.410 e. The molecule has 4 aliphatic rings. The number of anilines is 1. The minimum absolute atomic E-state index is 0.0139. The number of piperazine rings is 1. The molecular weight excluding hydrogens is 1170 g/mol. The molecule has 27 nitrogen and oxygen atoms in total. The normalized spacial score (nSPS) is 25.0. The van der Waals surface area contributed by atoms with Crippen molar-refractivity contribution in [2.24, 2.45) is 17.6 Å². The first-order valence-electron chi connectivity index (χ1n) is 30.5. The van der Waals surface area contributed by atoms with Crippen molar-refractivity contribution in [1.82, 2.24) is 30.7 Å². The summed E-state index contributed by atoms with van der Waals surface area (Å²) >= 11 is 0. The number of epoxide rings is 1. The Kier molecular flexibility index (Phi) is 27.2. The number of allylic oxidation sites excluding steroid dienone is 2. The highest BCUT2D eigenvalue weighted by Crippen LogP contribution is 2.38.